The van der Waals surface area contributed by atoms with Gasteiger partial charge in [-0.3, -0.25) is 0 Å². The Morgan fingerprint density at radius 3 is 2.39 bits per heavy atom. The van der Waals surface area contributed by atoms with Crippen molar-refractivity contribution in [3.05, 3.63) is 29.8 Å². The minimum atomic E-state index is -0.527. The highest BCUT2D eigenvalue weighted by Gasteiger charge is 2.27. The third-order valence-corrected chi connectivity index (χ3v) is 2.38. The van der Waals surface area contributed by atoms with Gasteiger partial charge in [-0.15, -0.1) is 0 Å². The van der Waals surface area contributed by atoms with Crippen molar-refractivity contribution in [2.24, 2.45) is 0 Å². The molecule has 100 valence electrons. The van der Waals surface area contributed by atoms with E-state index in [2.05, 4.69) is 5.32 Å². The first-order chi connectivity index (χ1) is 8.39. The van der Waals surface area contributed by atoms with Crippen LogP contribution in [0.4, 0.5) is 0 Å². The largest absolute Gasteiger partial charge is 0.496 e. The number of esters is 1. The fourth-order valence-corrected chi connectivity index (χ4v) is 1.67. The first kappa shape index (κ1) is 14.5. The van der Waals surface area contributed by atoms with Crippen molar-refractivity contribution in [2.75, 3.05) is 14.2 Å². The SMILES string of the molecule is CNC(C(=O)OC(C)(C)C)c1ccccc1OC. The maximum absolute atomic E-state index is 12.1. The van der Waals surface area contributed by atoms with E-state index in [1.54, 1.807) is 14.2 Å². The van der Waals surface area contributed by atoms with Crippen LogP contribution in [-0.2, 0) is 9.53 Å². The number of carbonyl (C=O) groups excluding carboxylic acids is 1. The highest BCUT2D eigenvalue weighted by atomic mass is 16.6. The van der Waals surface area contributed by atoms with Gasteiger partial charge in [0.15, 0.2) is 0 Å². The predicted molar refractivity (Wildman–Crippen MR) is 70.6 cm³/mol. The van der Waals surface area contributed by atoms with Crippen LogP contribution >= 0.6 is 0 Å². The van der Waals surface area contributed by atoms with Crippen molar-refractivity contribution in [1.82, 2.24) is 5.32 Å². The molecular weight excluding hydrogens is 230 g/mol. The van der Waals surface area contributed by atoms with Crippen LogP contribution in [0, 0.1) is 0 Å². The molecule has 1 aromatic carbocycles. The van der Waals surface area contributed by atoms with Gasteiger partial charge in [0.2, 0.25) is 0 Å². The molecule has 0 bridgehead atoms. The Morgan fingerprint density at radius 2 is 1.89 bits per heavy atom. The van der Waals surface area contributed by atoms with E-state index in [0.29, 0.717) is 5.75 Å². The Morgan fingerprint density at radius 1 is 1.28 bits per heavy atom. The average molecular weight is 251 g/mol. The van der Waals surface area contributed by atoms with E-state index < -0.39 is 11.6 Å². The van der Waals surface area contributed by atoms with Crippen LogP contribution in [0.2, 0.25) is 0 Å². The van der Waals surface area contributed by atoms with E-state index in [1.165, 1.54) is 0 Å². The van der Waals surface area contributed by atoms with Gasteiger partial charge in [0, 0.05) is 5.56 Å². The van der Waals surface area contributed by atoms with Crippen molar-refractivity contribution in [3.8, 4) is 5.75 Å². The molecule has 4 heteroatoms. The van der Waals surface area contributed by atoms with Gasteiger partial charge in [-0.1, -0.05) is 18.2 Å². The number of carbonyl (C=O) groups is 1. The zero-order valence-electron chi connectivity index (χ0n) is 11.6. The first-order valence-corrected chi connectivity index (χ1v) is 5.92. The number of rotatable bonds is 4. The summed E-state index contributed by atoms with van der Waals surface area (Å²) >= 11 is 0. The molecule has 0 spiro atoms. The summed E-state index contributed by atoms with van der Waals surface area (Å²) in [4.78, 5) is 12.1. The van der Waals surface area contributed by atoms with E-state index >= 15 is 0 Å². The summed E-state index contributed by atoms with van der Waals surface area (Å²) in [6, 6.07) is 6.88. The molecule has 4 nitrogen and oxygen atoms in total. The average Bonchev–Trinajstić information content (AvgIpc) is 2.28. The summed E-state index contributed by atoms with van der Waals surface area (Å²) in [6.45, 7) is 5.54. The molecule has 0 radical (unpaired) electrons. The molecule has 0 aliphatic carbocycles. The predicted octanol–water partition coefficient (Wildman–Crippen LogP) is 2.30. The van der Waals surface area contributed by atoms with Crippen LogP contribution in [0.1, 0.15) is 32.4 Å². The molecule has 0 heterocycles. The monoisotopic (exact) mass is 251 g/mol. The fraction of sp³-hybridized carbons (Fsp3) is 0.500. The van der Waals surface area contributed by atoms with E-state index in [9.17, 15) is 4.79 Å². The maximum atomic E-state index is 12.1. The number of benzene rings is 1. The van der Waals surface area contributed by atoms with Gasteiger partial charge in [0.1, 0.15) is 17.4 Å². The zero-order valence-corrected chi connectivity index (χ0v) is 11.6. The van der Waals surface area contributed by atoms with Gasteiger partial charge >= 0.3 is 5.97 Å². The molecule has 0 saturated carbocycles. The normalized spacial score (nSPS) is 12.9. The van der Waals surface area contributed by atoms with Crippen LogP contribution in [0.5, 0.6) is 5.75 Å². The lowest BCUT2D eigenvalue weighted by Crippen LogP contribution is -2.33. The molecule has 0 aliphatic heterocycles. The van der Waals surface area contributed by atoms with Crippen LogP contribution in [-0.4, -0.2) is 25.7 Å². The Hall–Kier alpha value is -1.55. The van der Waals surface area contributed by atoms with Crippen molar-refractivity contribution in [1.29, 1.82) is 0 Å². The summed E-state index contributed by atoms with van der Waals surface area (Å²) in [5.41, 5.74) is 0.269. The standard InChI is InChI=1S/C14H21NO3/c1-14(2,3)18-13(16)12(15-4)10-8-6-7-9-11(10)17-5/h6-9,12,15H,1-5H3. The molecule has 1 rings (SSSR count). The number of hydrogen-bond acceptors (Lipinski definition) is 4. The summed E-state index contributed by atoms with van der Waals surface area (Å²) < 4.78 is 10.6. The van der Waals surface area contributed by atoms with E-state index in [0.717, 1.165) is 5.56 Å². The van der Waals surface area contributed by atoms with Crippen molar-refractivity contribution >= 4 is 5.97 Å². The van der Waals surface area contributed by atoms with Gasteiger partial charge in [-0.2, -0.15) is 0 Å². The quantitative estimate of drug-likeness (QED) is 0.834. The number of hydrogen-bond donors (Lipinski definition) is 1. The lowest BCUT2D eigenvalue weighted by Gasteiger charge is -2.24. The summed E-state index contributed by atoms with van der Waals surface area (Å²) in [7, 11) is 3.31. The molecule has 0 saturated heterocycles. The molecule has 0 aliphatic rings. The second kappa shape index (κ2) is 5.87. The van der Waals surface area contributed by atoms with Gasteiger partial charge in [0.25, 0.3) is 0 Å². The molecule has 1 atom stereocenters. The van der Waals surface area contributed by atoms with E-state index in [1.807, 2.05) is 45.0 Å². The third kappa shape index (κ3) is 3.74. The third-order valence-electron chi connectivity index (χ3n) is 2.38. The second-order valence-electron chi connectivity index (χ2n) is 5.00. The molecule has 0 aromatic heterocycles. The molecule has 0 fully saturated rings. The smallest absolute Gasteiger partial charge is 0.328 e. The Bertz CT molecular complexity index is 410. The fourth-order valence-electron chi connectivity index (χ4n) is 1.67. The molecule has 0 amide bonds. The van der Waals surface area contributed by atoms with Crippen molar-refractivity contribution < 1.29 is 14.3 Å². The van der Waals surface area contributed by atoms with Crippen molar-refractivity contribution in [2.45, 2.75) is 32.4 Å². The molecule has 18 heavy (non-hydrogen) atoms. The van der Waals surface area contributed by atoms with Crippen LogP contribution in [0.15, 0.2) is 24.3 Å². The lowest BCUT2D eigenvalue weighted by molar-refractivity contribution is -0.157. The highest BCUT2D eigenvalue weighted by molar-refractivity contribution is 5.79. The van der Waals surface area contributed by atoms with Gasteiger partial charge in [-0.05, 0) is 33.9 Å². The number of para-hydroxylation sites is 1. The zero-order chi connectivity index (χ0) is 13.8. The molecule has 1 unspecified atom stereocenters. The van der Waals surface area contributed by atoms with E-state index in [-0.39, 0.29) is 5.97 Å². The van der Waals surface area contributed by atoms with Gasteiger partial charge in [0.05, 0.1) is 7.11 Å². The topological polar surface area (TPSA) is 47.6 Å². The Labute approximate surface area is 108 Å². The Kier molecular flexibility index (Phi) is 4.73. The molecule has 1 aromatic rings. The minimum absolute atomic E-state index is 0.311. The van der Waals surface area contributed by atoms with Gasteiger partial charge < -0.3 is 14.8 Å². The highest BCUT2D eigenvalue weighted by Crippen LogP contribution is 2.26. The first-order valence-electron chi connectivity index (χ1n) is 5.92. The van der Waals surface area contributed by atoms with Crippen LogP contribution in [0.3, 0.4) is 0 Å². The number of likely N-dealkylation sites (N-methyl/N-ethyl adjacent to an activating group) is 1. The minimum Gasteiger partial charge on any atom is -0.496 e. The summed E-state index contributed by atoms with van der Waals surface area (Å²) in [5, 5.41) is 2.96. The summed E-state index contributed by atoms with van der Waals surface area (Å²) in [5.74, 6) is 0.359. The van der Waals surface area contributed by atoms with Crippen molar-refractivity contribution in [3.63, 3.8) is 0 Å². The van der Waals surface area contributed by atoms with Crippen LogP contribution < -0.4 is 10.1 Å². The van der Waals surface area contributed by atoms with Crippen LogP contribution in [0.25, 0.3) is 0 Å². The molecule has 1 N–H and O–H groups in total. The lowest BCUT2D eigenvalue weighted by atomic mass is 10.1. The number of ether oxygens (including phenoxy) is 2. The number of methoxy groups -OCH3 is 1. The maximum Gasteiger partial charge on any atom is 0.328 e. The summed E-state index contributed by atoms with van der Waals surface area (Å²) in [6.07, 6.45) is 0. The molecular formula is C14H21NO3. The van der Waals surface area contributed by atoms with E-state index in [4.69, 9.17) is 9.47 Å². The second-order valence-corrected chi connectivity index (χ2v) is 5.00. The van der Waals surface area contributed by atoms with Gasteiger partial charge in [-0.25, -0.2) is 4.79 Å². The Balaban J connectivity index is 2.99. The number of nitrogens with one attached hydrogen (secondary N) is 1.